The molecule has 0 saturated heterocycles. The number of carboxylic acid groups (broad SMARTS) is 1. The molecule has 1 fully saturated rings. The monoisotopic (exact) mass is 238 g/mol. The Kier molecular flexibility index (Phi) is 3.20. The van der Waals surface area contributed by atoms with Gasteiger partial charge in [0.05, 0.1) is 6.42 Å². The Hall–Kier alpha value is -1.02. The van der Waals surface area contributed by atoms with E-state index in [0.717, 1.165) is 24.0 Å². The quantitative estimate of drug-likeness (QED) is 0.870. The fourth-order valence-electron chi connectivity index (χ4n) is 2.15. The van der Waals surface area contributed by atoms with Gasteiger partial charge in [-0.3, -0.25) is 4.79 Å². The summed E-state index contributed by atoms with van der Waals surface area (Å²) in [4.78, 5) is 10.9. The summed E-state index contributed by atoms with van der Waals surface area (Å²) < 4.78 is 0. The zero-order chi connectivity index (χ0) is 11.7. The van der Waals surface area contributed by atoms with Crippen LogP contribution in [-0.2, 0) is 4.79 Å². The van der Waals surface area contributed by atoms with Crippen LogP contribution in [0.3, 0.4) is 0 Å². The highest BCUT2D eigenvalue weighted by atomic mass is 35.5. The van der Waals surface area contributed by atoms with Crippen molar-refractivity contribution in [1.82, 2.24) is 0 Å². The van der Waals surface area contributed by atoms with Crippen molar-refractivity contribution in [2.24, 2.45) is 5.92 Å². The van der Waals surface area contributed by atoms with Crippen LogP contribution in [0.25, 0.3) is 0 Å². The number of benzene rings is 1. The smallest absolute Gasteiger partial charge is 0.303 e. The first-order valence-corrected chi connectivity index (χ1v) is 5.93. The summed E-state index contributed by atoms with van der Waals surface area (Å²) in [6.45, 7) is 1.99. The number of rotatable bonds is 4. The topological polar surface area (TPSA) is 37.3 Å². The summed E-state index contributed by atoms with van der Waals surface area (Å²) in [6, 6.07) is 5.89. The van der Waals surface area contributed by atoms with Gasteiger partial charge >= 0.3 is 5.97 Å². The molecular formula is C13H15ClO2. The molecule has 86 valence electrons. The number of aliphatic carboxylic acids is 1. The van der Waals surface area contributed by atoms with Gasteiger partial charge < -0.3 is 5.11 Å². The summed E-state index contributed by atoms with van der Waals surface area (Å²) >= 11 is 6.19. The molecule has 1 N–H and O–H groups in total. The first-order valence-electron chi connectivity index (χ1n) is 5.56. The van der Waals surface area contributed by atoms with Crippen LogP contribution < -0.4 is 0 Å². The molecule has 0 spiro atoms. The second kappa shape index (κ2) is 4.46. The van der Waals surface area contributed by atoms with E-state index in [1.54, 1.807) is 0 Å². The van der Waals surface area contributed by atoms with Gasteiger partial charge in [-0.05, 0) is 48.8 Å². The SMILES string of the molecule is Cc1ccc(C(CC(=O)O)C2CC2)c(Cl)c1. The van der Waals surface area contributed by atoms with E-state index in [0.29, 0.717) is 10.9 Å². The summed E-state index contributed by atoms with van der Waals surface area (Å²) in [5.74, 6) is -0.143. The van der Waals surface area contributed by atoms with Gasteiger partial charge in [-0.15, -0.1) is 0 Å². The molecule has 3 heteroatoms. The van der Waals surface area contributed by atoms with Gasteiger partial charge in [0.1, 0.15) is 0 Å². The molecule has 1 atom stereocenters. The molecule has 0 aromatic heterocycles. The fraction of sp³-hybridized carbons (Fsp3) is 0.462. The zero-order valence-corrected chi connectivity index (χ0v) is 10.00. The first kappa shape index (κ1) is 11.5. The Labute approximate surface area is 100 Å². The Balaban J connectivity index is 2.27. The van der Waals surface area contributed by atoms with Crippen molar-refractivity contribution in [3.8, 4) is 0 Å². The summed E-state index contributed by atoms with van der Waals surface area (Å²) in [5.41, 5.74) is 2.11. The maximum absolute atomic E-state index is 10.9. The lowest BCUT2D eigenvalue weighted by molar-refractivity contribution is -0.137. The number of hydrogen-bond donors (Lipinski definition) is 1. The molecule has 16 heavy (non-hydrogen) atoms. The molecule has 2 rings (SSSR count). The van der Waals surface area contributed by atoms with Crippen LogP contribution in [0, 0.1) is 12.8 Å². The van der Waals surface area contributed by atoms with Crippen LogP contribution in [0.2, 0.25) is 5.02 Å². The van der Waals surface area contributed by atoms with Crippen LogP contribution in [0.4, 0.5) is 0 Å². The lowest BCUT2D eigenvalue weighted by atomic mass is 9.90. The van der Waals surface area contributed by atoms with Gasteiger partial charge in [0.15, 0.2) is 0 Å². The van der Waals surface area contributed by atoms with Crippen molar-refractivity contribution < 1.29 is 9.90 Å². The van der Waals surface area contributed by atoms with Gasteiger partial charge in [-0.1, -0.05) is 23.7 Å². The number of hydrogen-bond acceptors (Lipinski definition) is 1. The van der Waals surface area contributed by atoms with Crippen LogP contribution >= 0.6 is 11.6 Å². The average Bonchev–Trinajstić information content (AvgIpc) is 2.97. The molecule has 2 nitrogen and oxygen atoms in total. The van der Waals surface area contributed by atoms with E-state index in [2.05, 4.69) is 0 Å². The van der Waals surface area contributed by atoms with Gasteiger partial charge in [-0.2, -0.15) is 0 Å². The van der Waals surface area contributed by atoms with Crippen LogP contribution in [0.15, 0.2) is 18.2 Å². The van der Waals surface area contributed by atoms with Crippen molar-refractivity contribution in [2.75, 3.05) is 0 Å². The lowest BCUT2D eigenvalue weighted by Crippen LogP contribution is -2.09. The summed E-state index contributed by atoms with van der Waals surface area (Å²) in [7, 11) is 0. The third-order valence-electron chi connectivity index (χ3n) is 3.14. The van der Waals surface area contributed by atoms with E-state index in [-0.39, 0.29) is 12.3 Å². The van der Waals surface area contributed by atoms with Crippen LogP contribution in [0.5, 0.6) is 0 Å². The van der Waals surface area contributed by atoms with Crippen molar-refractivity contribution in [3.63, 3.8) is 0 Å². The highest BCUT2D eigenvalue weighted by molar-refractivity contribution is 6.31. The molecule has 1 aliphatic rings. The highest BCUT2D eigenvalue weighted by Crippen LogP contribution is 2.46. The first-order chi connectivity index (χ1) is 7.58. The highest BCUT2D eigenvalue weighted by Gasteiger charge is 2.34. The molecule has 1 aromatic rings. The molecular weight excluding hydrogens is 224 g/mol. The molecule has 0 heterocycles. The van der Waals surface area contributed by atoms with E-state index in [4.69, 9.17) is 16.7 Å². The minimum Gasteiger partial charge on any atom is -0.481 e. The Morgan fingerprint density at radius 1 is 1.56 bits per heavy atom. The molecule has 1 aromatic carbocycles. The normalized spacial score (nSPS) is 17.1. The minimum absolute atomic E-state index is 0.0885. The average molecular weight is 239 g/mol. The van der Waals surface area contributed by atoms with Gasteiger partial charge in [-0.25, -0.2) is 0 Å². The van der Waals surface area contributed by atoms with E-state index < -0.39 is 5.97 Å². The second-order valence-corrected chi connectivity index (χ2v) is 4.97. The number of aryl methyl sites for hydroxylation is 1. The minimum atomic E-state index is -0.742. The predicted molar refractivity (Wildman–Crippen MR) is 63.9 cm³/mol. The predicted octanol–water partition coefficient (Wildman–Crippen LogP) is 3.62. The van der Waals surface area contributed by atoms with Crippen LogP contribution in [0.1, 0.15) is 36.3 Å². The van der Waals surface area contributed by atoms with E-state index >= 15 is 0 Å². The number of halogens is 1. The summed E-state index contributed by atoms with van der Waals surface area (Å²) in [5, 5.41) is 9.63. The van der Waals surface area contributed by atoms with Crippen molar-refractivity contribution in [1.29, 1.82) is 0 Å². The molecule has 1 saturated carbocycles. The molecule has 0 bridgehead atoms. The third kappa shape index (κ3) is 2.56. The van der Waals surface area contributed by atoms with E-state index in [1.165, 1.54) is 0 Å². The molecule has 0 amide bonds. The van der Waals surface area contributed by atoms with Gasteiger partial charge in [0, 0.05) is 5.02 Å². The molecule has 1 unspecified atom stereocenters. The largest absolute Gasteiger partial charge is 0.481 e. The standard InChI is InChI=1S/C13H15ClO2/c1-8-2-5-10(12(14)6-8)11(7-13(15)16)9-3-4-9/h2,5-6,9,11H,3-4,7H2,1H3,(H,15,16). The lowest BCUT2D eigenvalue weighted by Gasteiger charge is -2.16. The summed E-state index contributed by atoms with van der Waals surface area (Å²) in [6.07, 6.45) is 2.44. The van der Waals surface area contributed by atoms with Crippen molar-refractivity contribution in [3.05, 3.63) is 34.3 Å². The zero-order valence-electron chi connectivity index (χ0n) is 9.24. The van der Waals surface area contributed by atoms with Crippen LogP contribution in [-0.4, -0.2) is 11.1 Å². The molecule has 1 aliphatic carbocycles. The maximum Gasteiger partial charge on any atom is 0.303 e. The van der Waals surface area contributed by atoms with Crippen molar-refractivity contribution in [2.45, 2.75) is 32.1 Å². The number of carbonyl (C=O) groups is 1. The Morgan fingerprint density at radius 2 is 2.25 bits per heavy atom. The fourth-order valence-corrected chi connectivity index (χ4v) is 2.53. The Morgan fingerprint density at radius 3 is 2.75 bits per heavy atom. The van der Waals surface area contributed by atoms with Gasteiger partial charge in [0.25, 0.3) is 0 Å². The van der Waals surface area contributed by atoms with E-state index in [9.17, 15) is 4.79 Å². The maximum atomic E-state index is 10.9. The molecule has 0 radical (unpaired) electrons. The second-order valence-electron chi connectivity index (χ2n) is 4.57. The van der Waals surface area contributed by atoms with Crippen molar-refractivity contribution >= 4 is 17.6 Å². The van der Waals surface area contributed by atoms with E-state index in [1.807, 2.05) is 25.1 Å². The van der Waals surface area contributed by atoms with Gasteiger partial charge in [0.2, 0.25) is 0 Å². The Bertz CT molecular complexity index is 410. The number of carboxylic acids is 1. The molecule has 0 aliphatic heterocycles. The third-order valence-corrected chi connectivity index (χ3v) is 3.47.